The Balaban J connectivity index is 2.01. The van der Waals surface area contributed by atoms with Crippen LogP contribution in [0.5, 0.6) is 0 Å². The first-order valence-corrected chi connectivity index (χ1v) is 8.84. The van der Waals surface area contributed by atoms with E-state index in [0.29, 0.717) is 6.04 Å². The van der Waals surface area contributed by atoms with Crippen molar-refractivity contribution in [2.45, 2.75) is 32.2 Å². The number of rotatable bonds is 5. The van der Waals surface area contributed by atoms with Crippen molar-refractivity contribution in [3.05, 3.63) is 10.8 Å². The van der Waals surface area contributed by atoms with Crippen LogP contribution in [-0.4, -0.2) is 38.3 Å². The minimum absolute atomic E-state index is 0.350. The molecule has 0 radical (unpaired) electrons. The van der Waals surface area contributed by atoms with Crippen molar-refractivity contribution in [2.75, 3.05) is 28.7 Å². The molecule has 0 bridgehead atoms. The first-order chi connectivity index (χ1) is 9.20. The summed E-state index contributed by atoms with van der Waals surface area (Å²) in [6.45, 7) is 3.00. The van der Waals surface area contributed by atoms with Gasteiger partial charge in [0, 0.05) is 34.9 Å². The van der Waals surface area contributed by atoms with Crippen LogP contribution in [0.15, 0.2) is 10.8 Å². The second-order valence-electron chi connectivity index (χ2n) is 4.58. The van der Waals surface area contributed by atoms with Crippen LogP contribution >= 0.6 is 15.9 Å². The standard InChI is InChI=1S/C12H19BrN4OS/c1-2-5-14-11-10(13)12(16-8-15-11)17-9-3-6-19(18)7-4-9/h8-9H,2-7H2,1H3,(H2,14,15,16,17). The lowest BCUT2D eigenvalue weighted by Gasteiger charge is -2.23. The molecule has 0 aromatic carbocycles. The van der Waals surface area contributed by atoms with Gasteiger partial charge in [0.25, 0.3) is 0 Å². The number of hydrogen-bond donors (Lipinski definition) is 2. The molecule has 1 saturated heterocycles. The van der Waals surface area contributed by atoms with Crippen molar-refractivity contribution < 1.29 is 4.21 Å². The maximum Gasteiger partial charge on any atom is 0.146 e. The molecule has 0 saturated carbocycles. The largest absolute Gasteiger partial charge is 0.369 e. The number of nitrogens with one attached hydrogen (secondary N) is 2. The average molecular weight is 347 g/mol. The van der Waals surface area contributed by atoms with Crippen LogP contribution in [0.25, 0.3) is 0 Å². The van der Waals surface area contributed by atoms with Crippen molar-refractivity contribution in [2.24, 2.45) is 0 Å². The van der Waals surface area contributed by atoms with Crippen LogP contribution in [0.3, 0.4) is 0 Å². The molecule has 0 atom stereocenters. The zero-order valence-electron chi connectivity index (χ0n) is 11.0. The summed E-state index contributed by atoms with van der Waals surface area (Å²) in [6.07, 6.45) is 4.47. The molecule has 1 aliphatic rings. The number of halogens is 1. The highest BCUT2D eigenvalue weighted by atomic mass is 79.9. The molecular formula is C12H19BrN4OS. The van der Waals surface area contributed by atoms with E-state index in [2.05, 4.69) is 43.5 Å². The van der Waals surface area contributed by atoms with Gasteiger partial charge in [0.1, 0.15) is 22.4 Å². The highest BCUT2D eigenvalue weighted by Gasteiger charge is 2.19. The zero-order chi connectivity index (χ0) is 13.7. The molecule has 5 nitrogen and oxygen atoms in total. The Labute approximate surface area is 124 Å². The van der Waals surface area contributed by atoms with E-state index in [0.717, 1.165) is 53.4 Å². The van der Waals surface area contributed by atoms with Crippen molar-refractivity contribution in [1.82, 2.24) is 9.97 Å². The van der Waals surface area contributed by atoms with Crippen LogP contribution in [0, 0.1) is 0 Å². The minimum Gasteiger partial charge on any atom is -0.369 e. The molecule has 106 valence electrons. The van der Waals surface area contributed by atoms with E-state index in [-0.39, 0.29) is 0 Å². The fourth-order valence-electron chi connectivity index (χ4n) is 1.97. The topological polar surface area (TPSA) is 66.9 Å². The van der Waals surface area contributed by atoms with Gasteiger partial charge in [-0.25, -0.2) is 9.97 Å². The van der Waals surface area contributed by atoms with Gasteiger partial charge in [-0.05, 0) is 35.2 Å². The summed E-state index contributed by atoms with van der Waals surface area (Å²) in [5.41, 5.74) is 0. The highest BCUT2D eigenvalue weighted by Crippen LogP contribution is 2.28. The molecule has 1 fully saturated rings. The van der Waals surface area contributed by atoms with Gasteiger partial charge < -0.3 is 10.6 Å². The normalized spacial score (nSPS) is 23.1. The van der Waals surface area contributed by atoms with Gasteiger partial charge in [-0.15, -0.1) is 0 Å². The predicted molar refractivity (Wildman–Crippen MR) is 83.0 cm³/mol. The first-order valence-electron chi connectivity index (χ1n) is 6.56. The number of hydrogen-bond acceptors (Lipinski definition) is 5. The van der Waals surface area contributed by atoms with Crippen molar-refractivity contribution in [3.8, 4) is 0 Å². The van der Waals surface area contributed by atoms with Crippen molar-refractivity contribution >= 4 is 38.4 Å². The molecule has 0 unspecified atom stereocenters. The molecule has 1 aromatic rings. The lowest BCUT2D eigenvalue weighted by Crippen LogP contribution is -2.30. The van der Waals surface area contributed by atoms with E-state index in [1.807, 2.05) is 0 Å². The Bertz CT molecular complexity index is 447. The SMILES string of the molecule is CCCNc1ncnc(NC2CCS(=O)CC2)c1Br. The third-order valence-corrected chi connectivity index (χ3v) is 5.19. The Morgan fingerprint density at radius 3 is 2.74 bits per heavy atom. The van der Waals surface area contributed by atoms with E-state index >= 15 is 0 Å². The smallest absolute Gasteiger partial charge is 0.146 e. The molecular weight excluding hydrogens is 328 g/mol. The Kier molecular flexibility index (Phi) is 5.57. The van der Waals surface area contributed by atoms with Gasteiger partial charge in [0.05, 0.1) is 0 Å². The fraction of sp³-hybridized carbons (Fsp3) is 0.667. The molecule has 0 aliphatic carbocycles. The third kappa shape index (κ3) is 4.14. The summed E-state index contributed by atoms with van der Waals surface area (Å²) in [5.74, 6) is 3.19. The molecule has 1 aromatic heterocycles. The zero-order valence-corrected chi connectivity index (χ0v) is 13.4. The summed E-state index contributed by atoms with van der Waals surface area (Å²) in [4.78, 5) is 8.50. The summed E-state index contributed by atoms with van der Waals surface area (Å²) in [6, 6.07) is 0.350. The van der Waals surface area contributed by atoms with Crippen LogP contribution in [0.1, 0.15) is 26.2 Å². The lowest BCUT2D eigenvalue weighted by atomic mass is 10.1. The molecule has 0 amide bonds. The molecule has 19 heavy (non-hydrogen) atoms. The van der Waals surface area contributed by atoms with E-state index in [1.54, 1.807) is 6.33 Å². The van der Waals surface area contributed by atoms with Crippen LogP contribution in [-0.2, 0) is 10.8 Å². The minimum atomic E-state index is -0.630. The van der Waals surface area contributed by atoms with Crippen LogP contribution in [0.4, 0.5) is 11.6 Å². The second-order valence-corrected chi connectivity index (χ2v) is 7.07. The van der Waals surface area contributed by atoms with Gasteiger partial charge in [-0.3, -0.25) is 4.21 Å². The van der Waals surface area contributed by atoms with E-state index < -0.39 is 10.8 Å². The summed E-state index contributed by atoms with van der Waals surface area (Å²) in [7, 11) is -0.630. The third-order valence-electron chi connectivity index (χ3n) is 3.06. The number of aromatic nitrogens is 2. The summed E-state index contributed by atoms with van der Waals surface area (Å²) >= 11 is 3.54. The maximum atomic E-state index is 11.3. The fourth-order valence-corrected chi connectivity index (χ4v) is 3.73. The Hall–Kier alpha value is -0.690. The van der Waals surface area contributed by atoms with E-state index in [1.165, 1.54) is 0 Å². The second kappa shape index (κ2) is 7.19. The maximum absolute atomic E-state index is 11.3. The molecule has 1 aliphatic heterocycles. The molecule has 7 heteroatoms. The summed E-state index contributed by atoms with van der Waals surface area (Å²) < 4.78 is 12.2. The van der Waals surface area contributed by atoms with Gasteiger partial charge in [0.15, 0.2) is 0 Å². The monoisotopic (exact) mass is 346 g/mol. The molecule has 0 spiro atoms. The average Bonchev–Trinajstić information content (AvgIpc) is 2.42. The highest BCUT2D eigenvalue weighted by molar-refractivity contribution is 9.10. The van der Waals surface area contributed by atoms with Gasteiger partial charge in [-0.1, -0.05) is 6.92 Å². The molecule has 2 heterocycles. The van der Waals surface area contributed by atoms with E-state index in [4.69, 9.17) is 0 Å². The van der Waals surface area contributed by atoms with Crippen molar-refractivity contribution in [1.29, 1.82) is 0 Å². The predicted octanol–water partition coefficient (Wildman–Crippen LogP) is 2.38. The van der Waals surface area contributed by atoms with Gasteiger partial charge in [0.2, 0.25) is 0 Å². The molecule has 2 N–H and O–H groups in total. The summed E-state index contributed by atoms with van der Waals surface area (Å²) in [5, 5.41) is 6.67. The van der Waals surface area contributed by atoms with Crippen LogP contribution < -0.4 is 10.6 Å². The Morgan fingerprint density at radius 1 is 1.37 bits per heavy atom. The Morgan fingerprint density at radius 2 is 2.05 bits per heavy atom. The number of nitrogens with zero attached hydrogens (tertiary/aromatic N) is 2. The first kappa shape index (κ1) is 14.7. The van der Waals surface area contributed by atoms with Gasteiger partial charge >= 0.3 is 0 Å². The lowest BCUT2D eigenvalue weighted by molar-refractivity contribution is 0.622. The van der Waals surface area contributed by atoms with Crippen molar-refractivity contribution in [3.63, 3.8) is 0 Å². The van der Waals surface area contributed by atoms with E-state index in [9.17, 15) is 4.21 Å². The molecule has 2 rings (SSSR count). The van der Waals surface area contributed by atoms with Gasteiger partial charge in [-0.2, -0.15) is 0 Å². The number of anilines is 2. The van der Waals surface area contributed by atoms with Crippen LogP contribution in [0.2, 0.25) is 0 Å². The quantitative estimate of drug-likeness (QED) is 0.856.